The van der Waals surface area contributed by atoms with Crippen LogP contribution in [0.25, 0.3) is 0 Å². The zero-order valence-electron chi connectivity index (χ0n) is 8.63. The number of hydrogen-bond acceptors (Lipinski definition) is 2. The van der Waals surface area contributed by atoms with E-state index in [1.165, 1.54) is 5.56 Å². The van der Waals surface area contributed by atoms with Gasteiger partial charge in [-0.3, -0.25) is 10.1 Å². The van der Waals surface area contributed by atoms with Gasteiger partial charge in [-0.2, -0.15) is 0 Å². The summed E-state index contributed by atoms with van der Waals surface area (Å²) in [6.45, 7) is 3.99. The minimum Gasteiger partial charge on any atom is -0.322 e. The van der Waals surface area contributed by atoms with Crippen LogP contribution in [0, 0.1) is 13.8 Å². The second-order valence-electron chi connectivity index (χ2n) is 3.74. The lowest BCUT2D eigenvalue weighted by atomic mass is 10.0. The van der Waals surface area contributed by atoms with E-state index in [9.17, 15) is 9.59 Å². The van der Waals surface area contributed by atoms with E-state index in [4.69, 9.17) is 0 Å². The van der Waals surface area contributed by atoms with Crippen molar-refractivity contribution in [1.82, 2.24) is 10.6 Å². The maximum absolute atomic E-state index is 11.4. The van der Waals surface area contributed by atoms with Crippen LogP contribution in [-0.4, -0.2) is 11.9 Å². The molecule has 1 aromatic rings. The molecule has 2 rings (SSSR count). The largest absolute Gasteiger partial charge is 0.322 e. The molecule has 1 atom stereocenters. The van der Waals surface area contributed by atoms with Gasteiger partial charge in [0.2, 0.25) is 0 Å². The van der Waals surface area contributed by atoms with Crippen LogP contribution in [0.2, 0.25) is 0 Å². The van der Waals surface area contributed by atoms with Gasteiger partial charge in [0.1, 0.15) is 6.04 Å². The van der Waals surface area contributed by atoms with Gasteiger partial charge in [-0.15, -0.1) is 0 Å². The van der Waals surface area contributed by atoms with Gasteiger partial charge in [-0.05, 0) is 30.5 Å². The Morgan fingerprint density at radius 2 is 1.87 bits per heavy atom. The molecule has 0 bridgehead atoms. The highest BCUT2D eigenvalue weighted by molar-refractivity contribution is 6.04. The van der Waals surface area contributed by atoms with Crippen molar-refractivity contribution in [2.75, 3.05) is 0 Å². The SMILES string of the molecule is Cc1ccc(C2NC(=O)NC2=O)cc1C. The Hall–Kier alpha value is -1.84. The Labute approximate surface area is 87.7 Å². The fraction of sp³-hybridized carbons (Fsp3) is 0.273. The van der Waals surface area contributed by atoms with E-state index < -0.39 is 12.1 Å². The topological polar surface area (TPSA) is 58.2 Å². The van der Waals surface area contributed by atoms with Gasteiger partial charge >= 0.3 is 6.03 Å². The number of benzene rings is 1. The highest BCUT2D eigenvalue weighted by Crippen LogP contribution is 2.19. The first-order chi connectivity index (χ1) is 7.08. The number of hydrogen-bond donors (Lipinski definition) is 2. The summed E-state index contributed by atoms with van der Waals surface area (Å²) in [5.41, 5.74) is 3.10. The van der Waals surface area contributed by atoms with E-state index in [2.05, 4.69) is 10.6 Å². The lowest BCUT2D eigenvalue weighted by Gasteiger charge is -2.09. The zero-order chi connectivity index (χ0) is 11.0. The smallest absolute Gasteiger partial charge is 0.322 e. The Bertz CT molecular complexity index is 440. The summed E-state index contributed by atoms with van der Waals surface area (Å²) >= 11 is 0. The number of carbonyl (C=O) groups excluding carboxylic acids is 2. The summed E-state index contributed by atoms with van der Waals surface area (Å²) in [6.07, 6.45) is 0. The molecule has 78 valence electrons. The molecule has 1 heterocycles. The quantitative estimate of drug-likeness (QED) is 0.675. The number of imide groups is 1. The highest BCUT2D eigenvalue weighted by atomic mass is 16.2. The highest BCUT2D eigenvalue weighted by Gasteiger charge is 2.30. The van der Waals surface area contributed by atoms with Crippen molar-refractivity contribution in [3.8, 4) is 0 Å². The first-order valence-corrected chi connectivity index (χ1v) is 4.76. The Balaban J connectivity index is 2.34. The van der Waals surface area contributed by atoms with Gasteiger partial charge < -0.3 is 5.32 Å². The zero-order valence-corrected chi connectivity index (χ0v) is 8.63. The van der Waals surface area contributed by atoms with Crippen LogP contribution in [0.3, 0.4) is 0 Å². The third-order valence-electron chi connectivity index (χ3n) is 2.64. The van der Waals surface area contributed by atoms with E-state index >= 15 is 0 Å². The maximum Gasteiger partial charge on any atom is 0.322 e. The summed E-state index contributed by atoms with van der Waals surface area (Å²) in [5.74, 6) is -0.289. The van der Waals surface area contributed by atoms with Crippen LogP contribution in [0.15, 0.2) is 18.2 Å². The van der Waals surface area contributed by atoms with Crippen molar-refractivity contribution in [2.24, 2.45) is 0 Å². The second kappa shape index (κ2) is 3.38. The van der Waals surface area contributed by atoms with Crippen molar-refractivity contribution in [2.45, 2.75) is 19.9 Å². The minimum atomic E-state index is -0.545. The number of amides is 3. The first-order valence-electron chi connectivity index (χ1n) is 4.76. The van der Waals surface area contributed by atoms with Crippen LogP contribution in [0.1, 0.15) is 22.7 Å². The Kier molecular flexibility index (Phi) is 2.19. The molecule has 1 saturated heterocycles. The van der Waals surface area contributed by atoms with Gasteiger partial charge in [0.15, 0.2) is 0 Å². The summed E-state index contributed by atoms with van der Waals surface area (Å²) in [6, 6.07) is 4.76. The monoisotopic (exact) mass is 204 g/mol. The molecule has 4 heteroatoms. The molecule has 1 unspecified atom stereocenters. The van der Waals surface area contributed by atoms with Crippen LogP contribution < -0.4 is 10.6 Å². The molecule has 15 heavy (non-hydrogen) atoms. The molecular weight excluding hydrogens is 192 g/mol. The molecule has 0 spiro atoms. The lowest BCUT2D eigenvalue weighted by Crippen LogP contribution is -2.22. The summed E-state index contributed by atoms with van der Waals surface area (Å²) in [7, 11) is 0. The number of rotatable bonds is 1. The van der Waals surface area contributed by atoms with Gasteiger partial charge in [0, 0.05) is 0 Å². The molecule has 1 fully saturated rings. The lowest BCUT2D eigenvalue weighted by molar-refractivity contribution is -0.120. The summed E-state index contributed by atoms with van der Waals surface area (Å²) < 4.78 is 0. The standard InChI is InChI=1S/C11H12N2O2/c1-6-3-4-8(5-7(6)2)9-10(14)13-11(15)12-9/h3-5,9H,1-2H3,(H2,12,13,14,15). The van der Waals surface area contributed by atoms with Crippen LogP contribution in [-0.2, 0) is 4.79 Å². The van der Waals surface area contributed by atoms with Crippen molar-refractivity contribution < 1.29 is 9.59 Å². The second-order valence-corrected chi connectivity index (χ2v) is 3.74. The van der Waals surface area contributed by atoms with E-state index in [-0.39, 0.29) is 5.91 Å². The number of urea groups is 1. The Morgan fingerprint density at radius 1 is 1.13 bits per heavy atom. The van der Waals surface area contributed by atoms with Gasteiger partial charge in [-0.25, -0.2) is 4.79 Å². The molecular formula is C11H12N2O2. The molecule has 1 aliphatic rings. The number of carbonyl (C=O) groups is 2. The fourth-order valence-corrected chi connectivity index (χ4v) is 1.60. The summed E-state index contributed by atoms with van der Waals surface area (Å²) in [4.78, 5) is 22.3. The minimum absolute atomic E-state index is 0.289. The summed E-state index contributed by atoms with van der Waals surface area (Å²) in [5, 5.41) is 4.78. The van der Waals surface area contributed by atoms with E-state index in [1.54, 1.807) is 0 Å². The van der Waals surface area contributed by atoms with E-state index in [1.807, 2.05) is 32.0 Å². The molecule has 0 aliphatic carbocycles. The van der Waals surface area contributed by atoms with Crippen molar-refractivity contribution in [3.05, 3.63) is 34.9 Å². The van der Waals surface area contributed by atoms with Gasteiger partial charge in [0.05, 0.1) is 0 Å². The molecule has 0 radical (unpaired) electrons. The molecule has 4 nitrogen and oxygen atoms in total. The predicted octanol–water partition coefficient (Wildman–Crippen LogP) is 1.18. The predicted molar refractivity (Wildman–Crippen MR) is 55.3 cm³/mol. The average Bonchev–Trinajstić information content (AvgIpc) is 2.50. The van der Waals surface area contributed by atoms with Crippen LogP contribution in [0.5, 0.6) is 0 Å². The normalized spacial score (nSPS) is 20.0. The van der Waals surface area contributed by atoms with Crippen molar-refractivity contribution in [3.63, 3.8) is 0 Å². The molecule has 2 N–H and O–H groups in total. The van der Waals surface area contributed by atoms with E-state index in [0.717, 1.165) is 11.1 Å². The molecule has 0 saturated carbocycles. The third kappa shape index (κ3) is 1.70. The molecule has 3 amide bonds. The van der Waals surface area contributed by atoms with Crippen LogP contribution in [0.4, 0.5) is 4.79 Å². The van der Waals surface area contributed by atoms with Gasteiger partial charge in [0.25, 0.3) is 5.91 Å². The molecule has 0 aromatic heterocycles. The van der Waals surface area contributed by atoms with Crippen LogP contribution >= 0.6 is 0 Å². The average molecular weight is 204 g/mol. The number of aryl methyl sites for hydroxylation is 2. The fourth-order valence-electron chi connectivity index (χ4n) is 1.60. The van der Waals surface area contributed by atoms with Crippen molar-refractivity contribution >= 4 is 11.9 Å². The third-order valence-corrected chi connectivity index (χ3v) is 2.64. The van der Waals surface area contributed by atoms with E-state index in [0.29, 0.717) is 0 Å². The maximum atomic E-state index is 11.4. The first kappa shape index (κ1) is 9.71. The molecule has 1 aromatic carbocycles. The van der Waals surface area contributed by atoms with Crippen molar-refractivity contribution in [1.29, 1.82) is 0 Å². The Morgan fingerprint density at radius 3 is 2.40 bits per heavy atom. The number of nitrogens with one attached hydrogen (secondary N) is 2. The molecule has 1 aliphatic heterocycles. The van der Waals surface area contributed by atoms with Gasteiger partial charge in [-0.1, -0.05) is 18.2 Å².